The van der Waals surface area contributed by atoms with Crippen LogP contribution in [0, 0.1) is 0 Å². The normalized spacial score (nSPS) is 16.5. The van der Waals surface area contributed by atoms with Gasteiger partial charge in [0, 0.05) is 30.2 Å². The molecule has 2 heterocycles. The van der Waals surface area contributed by atoms with E-state index in [2.05, 4.69) is 27.0 Å². The molecule has 29 heavy (non-hydrogen) atoms. The maximum atomic E-state index is 12.7. The summed E-state index contributed by atoms with van der Waals surface area (Å²) < 4.78 is 32.1. The first-order valence-corrected chi connectivity index (χ1v) is 12.0. The molecule has 0 radical (unpaired) electrons. The van der Waals surface area contributed by atoms with E-state index in [4.69, 9.17) is 17.0 Å². The van der Waals surface area contributed by atoms with Gasteiger partial charge in [0.15, 0.2) is 5.11 Å². The van der Waals surface area contributed by atoms with Gasteiger partial charge in [0.25, 0.3) is 0 Å². The van der Waals surface area contributed by atoms with Crippen LogP contribution in [-0.2, 0) is 14.8 Å². The van der Waals surface area contributed by atoms with Crippen molar-refractivity contribution in [2.45, 2.75) is 10.9 Å². The fourth-order valence-electron chi connectivity index (χ4n) is 3.03. The second-order valence-electron chi connectivity index (χ2n) is 6.87. The van der Waals surface area contributed by atoms with Crippen molar-refractivity contribution in [3.05, 3.63) is 46.7 Å². The molecular weight excluding hydrogens is 428 g/mol. The lowest BCUT2D eigenvalue weighted by molar-refractivity contribution is 0.0730. The van der Waals surface area contributed by atoms with Crippen molar-refractivity contribution in [3.8, 4) is 0 Å². The zero-order chi connectivity index (χ0) is 20.9. The smallest absolute Gasteiger partial charge is 0.243 e. The van der Waals surface area contributed by atoms with Gasteiger partial charge in [-0.1, -0.05) is 6.07 Å². The first-order valence-electron chi connectivity index (χ1n) is 9.30. The molecule has 1 aliphatic heterocycles. The summed E-state index contributed by atoms with van der Waals surface area (Å²) >= 11 is 7.12. The van der Waals surface area contributed by atoms with E-state index in [1.807, 2.05) is 20.2 Å². The van der Waals surface area contributed by atoms with Gasteiger partial charge in [-0.2, -0.15) is 4.31 Å². The molecule has 1 aromatic carbocycles. The van der Waals surface area contributed by atoms with E-state index in [9.17, 15) is 8.42 Å². The summed E-state index contributed by atoms with van der Waals surface area (Å²) in [6.45, 7) is 2.29. The molecule has 1 aliphatic rings. The first-order chi connectivity index (χ1) is 13.9. The van der Waals surface area contributed by atoms with Crippen molar-refractivity contribution in [3.63, 3.8) is 0 Å². The van der Waals surface area contributed by atoms with Gasteiger partial charge in [-0.15, -0.1) is 11.3 Å². The number of anilines is 1. The number of hydrogen-bond donors (Lipinski definition) is 2. The highest BCUT2D eigenvalue weighted by molar-refractivity contribution is 7.89. The van der Waals surface area contributed by atoms with Crippen LogP contribution in [0.15, 0.2) is 46.7 Å². The second kappa shape index (κ2) is 9.96. The Morgan fingerprint density at radius 1 is 1.24 bits per heavy atom. The number of hydrogen-bond acceptors (Lipinski definition) is 6. The topological polar surface area (TPSA) is 73.9 Å². The van der Waals surface area contributed by atoms with E-state index in [0.29, 0.717) is 38.0 Å². The summed E-state index contributed by atoms with van der Waals surface area (Å²) in [5.41, 5.74) is 0.737. The zero-order valence-electron chi connectivity index (χ0n) is 16.5. The van der Waals surface area contributed by atoms with Crippen LogP contribution in [0.25, 0.3) is 0 Å². The minimum atomic E-state index is -3.49. The fraction of sp³-hybridized carbons (Fsp3) is 0.421. The van der Waals surface area contributed by atoms with Gasteiger partial charge in [0.1, 0.15) is 0 Å². The van der Waals surface area contributed by atoms with Gasteiger partial charge in [0.05, 0.1) is 24.2 Å². The van der Waals surface area contributed by atoms with E-state index < -0.39 is 10.0 Å². The third-order valence-electron chi connectivity index (χ3n) is 4.67. The van der Waals surface area contributed by atoms with Crippen LogP contribution in [0.4, 0.5) is 5.69 Å². The van der Waals surface area contributed by atoms with E-state index >= 15 is 0 Å². The summed E-state index contributed by atoms with van der Waals surface area (Å²) in [6, 6.07) is 11.0. The SMILES string of the molecule is CN(C)C(CNC(=S)Nc1ccc(S(=O)(=O)N2CCOCC2)cc1)c1cccs1. The van der Waals surface area contributed by atoms with E-state index in [-0.39, 0.29) is 10.9 Å². The molecule has 2 aromatic rings. The Kier molecular flexibility index (Phi) is 7.60. The maximum Gasteiger partial charge on any atom is 0.243 e. The monoisotopic (exact) mass is 454 g/mol. The standard InChI is InChI=1S/C19H26N4O3S3/c1-22(2)17(18-4-3-13-28-18)14-20-19(27)21-15-5-7-16(8-6-15)29(24,25)23-9-11-26-12-10-23/h3-8,13,17H,9-12,14H2,1-2H3,(H2,20,21,27). The molecule has 0 saturated carbocycles. The molecule has 0 amide bonds. The largest absolute Gasteiger partial charge is 0.379 e. The molecule has 1 aromatic heterocycles. The number of sulfonamides is 1. The Labute approximate surface area is 181 Å². The lowest BCUT2D eigenvalue weighted by Crippen LogP contribution is -2.40. The molecule has 3 rings (SSSR count). The number of morpholine rings is 1. The molecule has 10 heteroatoms. The van der Waals surface area contributed by atoms with Crippen molar-refractivity contribution < 1.29 is 13.2 Å². The average molecular weight is 455 g/mol. The van der Waals surface area contributed by atoms with Crippen molar-refractivity contribution in [1.29, 1.82) is 0 Å². The highest BCUT2D eigenvalue weighted by atomic mass is 32.2. The van der Waals surface area contributed by atoms with Crippen LogP contribution < -0.4 is 10.6 Å². The minimum Gasteiger partial charge on any atom is -0.379 e. The van der Waals surface area contributed by atoms with E-state index in [1.54, 1.807) is 35.6 Å². The molecule has 1 saturated heterocycles. The van der Waals surface area contributed by atoms with Gasteiger partial charge >= 0.3 is 0 Å². The molecule has 7 nitrogen and oxygen atoms in total. The Morgan fingerprint density at radius 3 is 2.52 bits per heavy atom. The van der Waals surface area contributed by atoms with Gasteiger partial charge in [-0.05, 0) is 62.0 Å². The molecule has 0 aliphatic carbocycles. The Bertz CT molecular complexity index is 893. The van der Waals surface area contributed by atoms with E-state index in [1.165, 1.54) is 9.18 Å². The molecule has 158 valence electrons. The quantitative estimate of drug-likeness (QED) is 0.622. The Morgan fingerprint density at radius 2 is 1.93 bits per heavy atom. The van der Waals surface area contributed by atoms with Gasteiger partial charge in [0.2, 0.25) is 10.0 Å². The van der Waals surface area contributed by atoms with Crippen LogP contribution in [-0.4, -0.2) is 69.7 Å². The van der Waals surface area contributed by atoms with Crippen LogP contribution >= 0.6 is 23.6 Å². The summed E-state index contributed by atoms with van der Waals surface area (Å²) in [5, 5.41) is 8.92. The summed E-state index contributed by atoms with van der Waals surface area (Å²) in [6.07, 6.45) is 0. The summed E-state index contributed by atoms with van der Waals surface area (Å²) in [5.74, 6) is 0. The lowest BCUT2D eigenvalue weighted by atomic mass is 10.2. The van der Waals surface area contributed by atoms with Crippen molar-refractivity contribution >= 4 is 44.4 Å². The number of benzene rings is 1. The summed E-state index contributed by atoms with van der Waals surface area (Å²) in [7, 11) is 0.585. The number of likely N-dealkylation sites (N-methyl/N-ethyl adjacent to an activating group) is 1. The predicted molar refractivity (Wildman–Crippen MR) is 121 cm³/mol. The van der Waals surface area contributed by atoms with Crippen LogP contribution in [0.3, 0.4) is 0 Å². The second-order valence-corrected chi connectivity index (χ2v) is 10.2. The minimum absolute atomic E-state index is 0.218. The molecule has 0 spiro atoms. The van der Waals surface area contributed by atoms with Crippen LogP contribution in [0.1, 0.15) is 10.9 Å². The first kappa shape index (κ1) is 22.1. The molecule has 2 N–H and O–H groups in total. The number of rotatable bonds is 7. The number of ether oxygens (including phenoxy) is 1. The number of nitrogens with one attached hydrogen (secondary N) is 2. The fourth-order valence-corrected chi connectivity index (χ4v) is 5.56. The molecule has 1 atom stereocenters. The van der Waals surface area contributed by atoms with Crippen LogP contribution in [0.5, 0.6) is 0 Å². The van der Waals surface area contributed by atoms with Gasteiger partial charge < -0.3 is 20.3 Å². The summed E-state index contributed by atoms with van der Waals surface area (Å²) in [4.78, 5) is 3.68. The maximum absolute atomic E-state index is 12.7. The molecule has 0 bridgehead atoms. The van der Waals surface area contributed by atoms with Crippen molar-refractivity contribution in [2.75, 3.05) is 52.3 Å². The molecule has 1 fully saturated rings. The highest BCUT2D eigenvalue weighted by Crippen LogP contribution is 2.22. The average Bonchev–Trinajstić information content (AvgIpc) is 3.23. The molecular formula is C19H26N4O3S3. The predicted octanol–water partition coefficient (Wildman–Crippen LogP) is 2.36. The van der Waals surface area contributed by atoms with Gasteiger partial charge in [-0.25, -0.2) is 8.42 Å². The lowest BCUT2D eigenvalue weighted by Gasteiger charge is -2.26. The number of thiocarbonyl (C=S) groups is 1. The van der Waals surface area contributed by atoms with Crippen molar-refractivity contribution in [2.24, 2.45) is 0 Å². The number of thiophene rings is 1. The zero-order valence-corrected chi connectivity index (χ0v) is 18.9. The number of nitrogens with zero attached hydrogens (tertiary/aromatic N) is 2. The highest BCUT2D eigenvalue weighted by Gasteiger charge is 2.26. The third kappa shape index (κ3) is 5.74. The van der Waals surface area contributed by atoms with Gasteiger partial charge in [-0.3, -0.25) is 0 Å². The van der Waals surface area contributed by atoms with Crippen LogP contribution in [0.2, 0.25) is 0 Å². The third-order valence-corrected chi connectivity index (χ3v) is 7.80. The Balaban J connectivity index is 1.57. The Hall–Kier alpha value is -1.56. The molecule has 1 unspecified atom stereocenters. The van der Waals surface area contributed by atoms with Crippen molar-refractivity contribution in [1.82, 2.24) is 14.5 Å². The van der Waals surface area contributed by atoms with E-state index in [0.717, 1.165) is 5.69 Å².